The summed E-state index contributed by atoms with van der Waals surface area (Å²) in [5, 5.41) is 22.4. The molecule has 0 saturated heterocycles. The maximum Gasteiger partial charge on any atom is 0.272 e. The molecule has 0 fully saturated rings. The number of nitro groups is 1. The van der Waals surface area contributed by atoms with E-state index in [0.29, 0.717) is 13.0 Å². The molecule has 110 valence electrons. The van der Waals surface area contributed by atoms with E-state index in [0.717, 1.165) is 17.2 Å². The van der Waals surface area contributed by atoms with Crippen LogP contribution in [0.3, 0.4) is 0 Å². The van der Waals surface area contributed by atoms with Crippen LogP contribution in [0.5, 0.6) is 0 Å². The quantitative estimate of drug-likeness (QED) is 0.633. The van der Waals surface area contributed by atoms with Gasteiger partial charge in [-0.1, -0.05) is 24.3 Å². The van der Waals surface area contributed by atoms with E-state index in [1.165, 1.54) is 12.1 Å². The van der Waals surface area contributed by atoms with Crippen LogP contribution in [0.4, 0.5) is 15.8 Å². The summed E-state index contributed by atoms with van der Waals surface area (Å²) in [6.45, 7) is 0.514. The van der Waals surface area contributed by atoms with Crippen LogP contribution in [0.2, 0.25) is 0 Å². The number of halogens is 1. The maximum absolute atomic E-state index is 13.6. The number of non-ortho nitro benzene ring substituents is 1. The molecule has 21 heavy (non-hydrogen) atoms. The van der Waals surface area contributed by atoms with Crippen LogP contribution in [0, 0.1) is 15.9 Å². The van der Waals surface area contributed by atoms with Crippen molar-refractivity contribution in [2.75, 3.05) is 11.9 Å². The maximum atomic E-state index is 13.6. The molecule has 0 saturated carbocycles. The fourth-order valence-corrected chi connectivity index (χ4v) is 1.91. The molecule has 0 heterocycles. The van der Waals surface area contributed by atoms with Gasteiger partial charge in [0.1, 0.15) is 0 Å². The zero-order chi connectivity index (χ0) is 15.2. The van der Waals surface area contributed by atoms with Crippen LogP contribution < -0.4 is 5.32 Å². The lowest BCUT2D eigenvalue weighted by atomic mass is 10.1. The van der Waals surface area contributed by atoms with Crippen molar-refractivity contribution < 1.29 is 14.4 Å². The minimum atomic E-state index is -0.639. The zero-order valence-electron chi connectivity index (χ0n) is 11.3. The van der Waals surface area contributed by atoms with Crippen LogP contribution in [-0.2, 0) is 13.0 Å². The molecule has 6 heteroatoms. The van der Waals surface area contributed by atoms with Gasteiger partial charge in [-0.3, -0.25) is 10.1 Å². The van der Waals surface area contributed by atoms with Gasteiger partial charge >= 0.3 is 0 Å². The van der Waals surface area contributed by atoms with Gasteiger partial charge in [0.2, 0.25) is 0 Å². The molecule has 2 aromatic carbocycles. The Hall–Kier alpha value is -2.47. The van der Waals surface area contributed by atoms with Crippen LogP contribution in [-0.4, -0.2) is 16.6 Å². The van der Waals surface area contributed by atoms with Crippen molar-refractivity contribution in [1.82, 2.24) is 0 Å². The molecule has 0 spiro atoms. The number of benzene rings is 2. The highest BCUT2D eigenvalue weighted by Gasteiger charge is 2.10. The van der Waals surface area contributed by atoms with E-state index in [2.05, 4.69) is 5.32 Å². The second-order valence-electron chi connectivity index (χ2n) is 4.57. The van der Waals surface area contributed by atoms with Crippen molar-refractivity contribution in [3.63, 3.8) is 0 Å². The summed E-state index contributed by atoms with van der Waals surface area (Å²) >= 11 is 0. The third-order valence-corrected chi connectivity index (χ3v) is 3.10. The Bertz CT molecular complexity index is 629. The fraction of sp³-hybridized carbons (Fsp3) is 0.200. The van der Waals surface area contributed by atoms with Crippen LogP contribution in [0.1, 0.15) is 11.1 Å². The molecule has 0 unspecified atom stereocenters. The van der Waals surface area contributed by atoms with E-state index >= 15 is 0 Å². The van der Waals surface area contributed by atoms with E-state index in [9.17, 15) is 14.5 Å². The first kappa shape index (κ1) is 14.9. The van der Waals surface area contributed by atoms with Crippen LogP contribution in [0.25, 0.3) is 0 Å². The predicted octanol–water partition coefficient (Wildman–Crippen LogP) is 2.88. The Labute approximate surface area is 121 Å². The number of rotatable bonds is 6. The number of nitrogens with zero attached hydrogens (tertiary/aromatic N) is 1. The van der Waals surface area contributed by atoms with E-state index in [4.69, 9.17) is 5.11 Å². The van der Waals surface area contributed by atoms with Crippen molar-refractivity contribution in [3.05, 3.63) is 69.5 Å². The second-order valence-corrected chi connectivity index (χ2v) is 4.57. The Morgan fingerprint density at radius 1 is 1.14 bits per heavy atom. The second kappa shape index (κ2) is 6.81. The Morgan fingerprint density at radius 2 is 1.81 bits per heavy atom. The number of hydrogen-bond acceptors (Lipinski definition) is 4. The van der Waals surface area contributed by atoms with Gasteiger partial charge in [0.25, 0.3) is 5.69 Å². The van der Waals surface area contributed by atoms with E-state index in [1.54, 1.807) is 0 Å². The van der Waals surface area contributed by atoms with Gasteiger partial charge in [-0.25, -0.2) is 4.39 Å². The first-order valence-electron chi connectivity index (χ1n) is 6.46. The molecule has 0 aliphatic heterocycles. The monoisotopic (exact) mass is 290 g/mol. The molecule has 0 bridgehead atoms. The Kier molecular flexibility index (Phi) is 4.84. The largest absolute Gasteiger partial charge is 0.392 e. The van der Waals surface area contributed by atoms with Gasteiger partial charge in [-0.2, -0.15) is 0 Å². The van der Waals surface area contributed by atoms with Gasteiger partial charge in [-0.05, 0) is 23.6 Å². The average molecular weight is 290 g/mol. The summed E-state index contributed by atoms with van der Waals surface area (Å²) in [6, 6.07) is 11.0. The lowest BCUT2D eigenvalue weighted by Gasteiger charge is -2.08. The smallest absolute Gasteiger partial charge is 0.272 e. The van der Waals surface area contributed by atoms with Crippen molar-refractivity contribution in [2.45, 2.75) is 13.0 Å². The Balaban J connectivity index is 1.92. The lowest BCUT2D eigenvalue weighted by molar-refractivity contribution is -0.385. The molecule has 2 N–H and O–H groups in total. The molecule has 0 aliphatic rings. The summed E-state index contributed by atoms with van der Waals surface area (Å²) in [4.78, 5) is 9.89. The summed E-state index contributed by atoms with van der Waals surface area (Å²) in [6.07, 6.45) is 0.683. The van der Waals surface area contributed by atoms with Crippen LogP contribution >= 0.6 is 0 Å². The topological polar surface area (TPSA) is 75.4 Å². The minimum Gasteiger partial charge on any atom is -0.392 e. The predicted molar refractivity (Wildman–Crippen MR) is 77.6 cm³/mol. The summed E-state index contributed by atoms with van der Waals surface area (Å²) in [5.74, 6) is -0.639. The molecule has 0 radical (unpaired) electrons. The number of aliphatic hydroxyl groups excluding tert-OH is 1. The minimum absolute atomic E-state index is 0.00648. The number of nitrogens with one attached hydrogen (secondary N) is 1. The molecule has 0 atom stereocenters. The first-order chi connectivity index (χ1) is 10.1. The molecule has 0 amide bonds. The first-order valence-corrected chi connectivity index (χ1v) is 6.46. The highest BCUT2D eigenvalue weighted by atomic mass is 19.1. The summed E-state index contributed by atoms with van der Waals surface area (Å²) < 4.78 is 13.6. The standard InChI is InChI=1S/C15H15FN2O3/c16-14-9-13(18(20)21)5-6-15(14)17-8-7-11-1-3-12(10-19)4-2-11/h1-6,9,17,19H,7-8,10H2. The fourth-order valence-electron chi connectivity index (χ4n) is 1.91. The molecule has 2 aromatic rings. The molecule has 0 aromatic heterocycles. The molecular weight excluding hydrogens is 275 g/mol. The van der Waals surface area contributed by atoms with Gasteiger partial charge in [-0.15, -0.1) is 0 Å². The zero-order valence-corrected chi connectivity index (χ0v) is 11.3. The van der Waals surface area contributed by atoms with Crippen LogP contribution in [0.15, 0.2) is 42.5 Å². The highest BCUT2D eigenvalue weighted by molar-refractivity contribution is 5.50. The molecule has 0 aliphatic carbocycles. The van der Waals surface area contributed by atoms with Gasteiger partial charge in [0, 0.05) is 12.6 Å². The van der Waals surface area contributed by atoms with Gasteiger partial charge < -0.3 is 10.4 Å². The van der Waals surface area contributed by atoms with Gasteiger partial charge in [0.15, 0.2) is 5.82 Å². The number of nitro benzene ring substituents is 1. The summed E-state index contributed by atoms with van der Waals surface area (Å²) in [7, 11) is 0. The lowest BCUT2D eigenvalue weighted by Crippen LogP contribution is -2.06. The van der Waals surface area contributed by atoms with Crippen molar-refractivity contribution in [2.24, 2.45) is 0 Å². The van der Waals surface area contributed by atoms with E-state index in [1.807, 2.05) is 24.3 Å². The summed E-state index contributed by atoms with van der Waals surface area (Å²) in [5.41, 5.74) is 1.88. The average Bonchev–Trinajstić information content (AvgIpc) is 2.49. The number of anilines is 1. The molecular formula is C15H15FN2O3. The van der Waals surface area contributed by atoms with Crippen molar-refractivity contribution in [3.8, 4) is 0 Å². The molecule has 5 nitrogen and oxygen atoms in total. The highest BCUT2D eigenvalue weighted by Crippen LogP contribution is 2.20. The van der Waals surface area contributed by atoms with Gasteiger partial charge in [0.05, 0.1) is 23.3 Å². The number of hydrogen-bond donors (Lipinski definition) is 2. The van der Waals surface area contributed by atoms with Crippen molar-refractivity contribution in [1.29, 1.82) is 0 Å². The Morgan fingerprint density at radius 3 is 2.38 bits per heavy atom. The third-order valence-electron chi connectivity index (χ3n) is 3.10. The number of aliphatic hydroxyl groups is 1. The SMILES string of the molecule is O=[N+]([O-])c1ccc(NCCc2ccc(CO)cc2)c(F)c1. The van der Waals surface area contributed by atoms with Crippen molar-refractivity contribution >= 4 is 11.4 Å². The van der Waals surface area contributed by atoms with E-state index in [-0.39, 0.29) is 18.0 Å². The third kappa shape index (κ3) is 4.00. The molecule has 2 rings (SSSR count). The van der Waals surface area contributed by atoms with E-state index < -0.39 is 10.7 Å². The normalized spacial score (nSPS) is 10.4.